The number of aliphatic hydroxyl groups excluding tert-OH is 3. The Balaban J connectivity index is 0.000000115. The van der Waals surface area contributed by atoms with Crippen molar-refractivity contribution in [3.63, 3.8) is 0 Å². The van der Waals surface area contributed by atoms with Gasteiger partial charge in [0.2, 0.25) is 70.1 Å². The summed E-state index contributed by atoms with van der Waals surface area (Å²) in [7, 11) is 0. The number of halogens is 5. The molecule has 2 spiro atoms. The first kappa shape index (κ1) is 101. The second-order valence-corrected chi connectivity index (χ2v) is 34.0. The number of furan rings is 1. The van der Waals surface area contributed by atoms with E-state index in [1.165, 1.54) is 52.3 Å². The number of aromatic hydroxyl groups is 4. The average Bonchev–Trinajstić information content (AvgIpc) is 1.53. The summed E-state index contributed by atoms with van der Waals surface area (Å²) in [5.74, 6) is 3.88. The van der Waals surface area contributed by atoms with E-state index in [1.807, 2.05) is 105 Å². The van der Waals surface area contributed by atoms with Crippen LogP contribution in [0.2, 0.25) is 0 Å². The van der Waals surface area contributed by atoms with Gasteiger partial charge < -0.3 is 152 Å². The Morgan fingerprint density at radius 1 is 0.397 bits per heavy atom. The number of para-hydroxylation sites is 6. The fourth-order valence-electron chi connectivity index (χ4n) is 18.5. The number of fused-ring (bicyclic) bond motifs is 18. The quantitative estimate of drug-likeness (QED) is 0.0305. The number of benzene rings is 12. The number of nitrogens with zero attached hydrogens (tertiary/aromatic N) is 2. The molecule has 0 radical (unpaired) electrons. The zero-order chi connectivity index (χ0) is 101. The van der Waals surface area contributed by atoms with E-state index >= 15 is 0 Å². The number of amides is 6. The van der Waals surface area contributed by atoms with Gasteiger partial charge in [-0.15, -0.1) is 0 Å². The molecule has 6 amide bonds. The fraction of sp³-hybridized carbons (Fsp3) is 0.192. The Bertz CT molecular complexity index is 7330. The molecular formula is C104H83BrClF3MgN6O30. The maximum Gasteiger partial charge on any atom is 2.00 e. The van der Waals surface area contributed by atoms with Crippen molar-refractivity contribution in [2.45, 2.75) is 53.1 Å². The zero-order valence-corrected chi connectivity index (χ0v) is 80.5. The number of alkyl halides is 4. The maximum absolute atomic E-state index is 13.1. The number of phenols is 4. The summed E-state index contributed by atoms with van der Waals surface area (Å²) < 4.78 is 115. The Labute approximate surface area is 857 Å². The minimum absolute atomic E-state index is 0. The van der Waals surface area contributed by atoms with Crippen molar-refractivity contribution < 1.29 is 171 Å². The van der Waals surface area contributed by atoms with Gasteiger partial charge in [0, 0.05) is 86.8 Å². The molecule has 42 heteroatoms. The number of hydrogen-bond acceptors (Lipinski definition) is 30. The maximum atomic E-state index is 13.1. The van der Waals surface area contributed by atoms with Gasteiger partial charge in [-0.3, -0.25) is 43.4 Å². The number of carbonyl (C=O) groups excluding carboxylic acids is 7. The SMILES string of the molecule is C[CH-]C.FC(F)(F)c1ccc(CBr)o1.O=C1N(CO)c2ccccc2C1(CO)c1cc2c(cc1O)OCO2.O=C1N(CO)c2ccccc2C12COc1cc3c(cc12)OCO3.O=C1Nc2ccccc2C1(O)c1cc2c(cc1O)OCO2.O=C1Nc2ccccc2C12COc1cc3c(cc12)OCO3.O=C1Nc2ccccc2C1=O.O=C1Nc2ccccc2C1c1cc2c(cc1O)OCO2.Oc1ccc2c(c1)OCO2.[Cl-].[Mg+2]. The van der Waals surface area contributed by atoms with E-state index in [4.69, 9.17) is 71.4 Å². The molecule has 0 fully saturated rings. The molecule has 5 unspecified atom stereocenters. The van der Waals surface area contributed by atoms with Gasteiger partial charge in [-0.2, -0.15) is 27.0 Å². The third kappa shape index (κ3) is 18.0. The standard InChI is InChI=1S/C17H15NO6.C17H13NO5.C16H11NO4.C15H11NO5.C15H11NO4.C8H5NO2.C7H6O3.C6H4BrF3O.C3H7.ClH.Mg/c19-7-17(11-5-14-15(6-13(11)21)24-9-23-14)10-3-1-2-4-12(10)18(8-20)16(17)22;19-8-18-12-4-2-1-3-10(12)17(16(18)20)7-21-13-6-15-14(5-11(13)17)22-9-23-15;18-15-16(9-3-1-2-4-11(9)17-15)7-19-12-6-14-13(5-10(12)16)20-8-21-14;17-11-6-13-12(20-7-21-13)5-9(11)15(19)8-3-1-2-4-10(8)16-14(15)18;17-11-6-13-12(19-7-20-13)5-9(11)14-8-3-1-2-4-10(8)16-15(14)18;10-7-5-3-1-2-4-6(5)9-8(7)11;8-5-1-2-6-7(3-5)10-4-9-6;7-3-4-1-2-5(11-4)6(8,9)10;1-3-2;;/h1-6,19-21H,7-9H2;1-6,19H,7-9H2;1-6H,7-8H2,(H,17,18);1-6,17,19H,7H2,(H,16,18);1-6,14,17H,7H2,(H,16,18);1-4H,(H,9,10,11);1-3,8H,4H2;1-2H,3H2;3H,1-2H3;1H;/q;;;;;;;;-1;;+2/p-1. The molecule has 13 aromatic rings. The number of ketones is 1. The summed E-state index contributed by atoms with van der Waals surface area (Å²) >= 11 is 2.98. The van der Waals surface area contributed by atoms with Crippen LogP contribution in [0.1, 0.15) is 97.3 Å². The number of carbonyl (C=O) groups is 7. The van der Waals surface area contributed by atoms with Crippen molar-refractivity contribution in [3.8, 4) is 103 Å². The van der Waals surface area contributed by atoms with Gasteiger partial charge in [-0.25, -0.2) is 0 Å². The van der Waals surface area contributed by atoms with Crippen molar-refractivity contribution in [3.05, 3.63) is 316 Å². The average molecular weight is 2090 g/mol. The third-order valence-corrected chi connectivity index (χ3v) is 25.8. The number of anilines is 6. The molecule has 14 aliphatic rings. The molecule has 15 heterocycles. The van der Waals surface area contributed by atoms with Gasteiger partial charge >= 0.3 is 29.2 Å². The zero-order valence-electron chi connectivity index (χ0n) is 76.7. The van der Waals surface area contributed by atoms with Crippen molar-refractivity contribution in [1.82, 2.24) is 0 Å². The van der Waals surface area contributed by atoms with Gasteiger partial charge in [-0.05, 0) is 119 Å². The molecule has 5 atom stereocenters. The summed E-state index contributed by atoms with van der Waals surface area (Å²) in [6.07, 6.45) is -2.37. The third-order valence-electron chi connectivity index (χ3n) is 25.2. The van der Waals surface area contributed by atoms with Crippen LogP contribution >= 0.6 is 15.9 Å². The van der Waals surface area contributed by atoms with Crippen LogP contribution in [0.15, 0.2) is 241 Å². The molecule has 27 rings (SSSR count). The molecule has 36 nitrogen and oxygen atoms in total. The van der Waals surface area contributed by atoms with Gasteiger partial charge in [-0.1, -0.05) is 119 Å². The van der Waals surface area contributed by atoms with E-state index < -0.39 is 76.5 Å². The second kappa shape index (κ2) is 41.4. The topological polar surface area (TPSA) is 478 Å². The summed E-state index contributed by atoms with van der Waals surface area (Å²) in [4.78, 5) is 87.5. The van der Waals surface area contributed by atoms with Gasteiger partial charge in [0.1, 0.15) is 83.2 Å². The predicted molar refractivity (Wildman–Crippen MR) is 512 cm³/mol. The summed E-state index contributed by atoms with van der Waals surface area (Å²) in [5, 5.41) is 91.2. The first-order valence-electron chi connectivity index (χ1n) is 44.2. The van der Waals surface area contributed by atoms with Crippen LogP contribution in [-0.4, -0.2) is 179 Å². The van der Waals surface area contributed by atoms with Crippen molar-refractivity contribution in [1.29, 1.82) is 0 Å². The Kier molecular flexibility index (Phi) is 28.7. The first-order valence-corrected chi connectivity index (χ1v) is 45.4. The van der Waals surface area contributed by atoms with Crippen molar-refractivity contribution in [2.24, 2.45) is 0 Å². The minimum atomic E-state index is -4.37. The molecule has 146 heavy (non-hydrogen) atoms. The molecule has 0 saturated heterocycles. The normalized spacial score (nSPS) is 19.4. The van der Waals surface area contributed by atoms with E-state index in [9.17, 15) is 82.5 Å². The fourth-order valence-corrected chi connectivity index (χ4v) is 18.8. The Morgan fingerprint density at radius 3 is 1.36 bits per heavy atom. The number of ether oxygens (including phenoxy) is 14. The number of hydrogen-bond donors (Lipinski definition) is 12. The van der Waals surface area contributed by atoms with Gasteiger partial charge in [0.25, 0.3) is 17.6 Å². The van der Waals surface area contributed by atoms with Gasteiger partial charge in [0.15, 0.2) is 74.6 Å². The molecule has 12 aromatic carbocycles. The largest absolute Gasteiger partial charge is 2.00 e. The molecule has 12 N–H and O–H groups in total. The van der Waals surface area contributed by atoms with Crippen LogP contribution in [0, 0.1) is 6.42 Å². The van der Waals surface area contributed by atoms with Crippen molar-refractivity contribution in [2.75, 3.05) is 105 Å². The number of Topliss-reactive ketones (excluding diaryl/α,β-unsaturated/α-hetero) is 1. The minimum Gasteiger partial charge on any atom is -1.00 e. The van der Waals surface area contributed by atoms with Crippen LogP contribution in [0.25, 0.3) is 0 Å². The molecule has 0 saturated carbocycles. The molecule has 0 aliphatic carbocycles. The van der Waals surface area contributed by atoms with E-state index in [1.54, 1.807) is 103 Å². The Hall–Kier alpha value is -16.0. The summed E-state index contributed by atoms with van der Waals surface area (Å²) in [6.45, 7) is 3.87. The van der Waals surface area contributed by atoms with E-state index in [0.29, 0.717) is 137 Å². The monoisotopic (exact) mass is 2090 g/mol. The van der Waals surface area contributed by atoms with E-state index in [-0.39, 0.29) is 147 Å². The van der Waals surface area contributed by atoms with Gasteiger partial charge in [0.05, 0.1) is 40.5 Å². The number of aliphatic hydroxyl groups is 4. The van der Waals surface area contributed by atoms with Crippen molar-refractivity contribution >= 4 is 114 Å². The van der Waals surface area contributed by atoms with Crippen LogP contribution < -0.4 is 110 Å². The Morgan fingerprint density at radius 2 is 0.822 bits per heavy atom. The summed E-state index contributed by atoms with van der Waals surface area (Å²) in [5.41, 5.74) is 5.21. The van der Waals surface area contributed by atoms with Crippen LogP contribution in [0.5, 0.6) is 103 Å². The molecular weight excluding hydrogens is 2010 g/mol. The second-order valence-electron chi connectivity index (χ2n) is 33.4. The number of nitrogens with one attached hydrogen (secondary N) is 4. The first-order chi connectivity index (χ1) is 69.6. The summed E-state index contributed by atoms with van der Waals surface area (Å²) in [6, 6.07) is 66.2. The smallest absolute Gasteiger partial charge is 1.00 e. The van der Waals surface area contributed by atoms with Crippen LogP contribution in [0.4, 0.5) is 47.3 Å². The molecule has 14 aliphatic heterocycles. The predicted octanol–water partition coefficient (Wildman–Crippen LogP) is 10.6. The number of rotatable bonds is 7. The van der Waals surface area contributed by atoms with E-state index in [2.05, 4.69) is 41.6 Å². The van der Waals surface area contributed by atoms with E-state index in [0.717, 1.165) is 45.3 Å². The van der Waals surface area contributed by atoms with Crippen LogP contribution in [-0.2, 0) is 62.1 Å². The number of phenolic OH excluding ortho intramolecular Hbond substituents is 4. The molecule has 1 aromatic heterocycles. The molecule has 0 bridgehead atoms. The molecule has 746 valence electrons. The van der Waals surface area contributed by atoms with Crippen LogP contribution in [0.3, 0.4) is 0 Å².